The minimum absolute atomic E-state index is 0.167. The van der Waals surface area contributed by atoms with Crippen molar-refractivity contribution in [2.75, 3.05) is 5.32 Å². The second-order valence-electron chi connectivity index (χ2n) is 6.25. The minimum Gasteiger partial charge on any atom is -0.354 e. The van der Waals surface area contributed by atoms with E-state index in [0.717, 1.165) is 29.7 Å². The van der Waals surface area contributed by atoms with E-state index >= 15 is 0 Å². The number of hydrogen-bond acceptors (Lipinski definition) is 3. The molecule has 1 aliphatic carbocycles. The molecule has 0 spiro atoms. The third kappa shape index (κ3) is 2.37. The van der Waals surface area contributed by atoms with Crippen LogP contribution in [0, 0.1) is 11.3 Å². The van der Waals surface area contributed by atoms with Crippen LogP contribution in [0.5, 0.6) is 0 Å². The molecule has 0 bridgehead atoms. The van der Waals surface area contributed by atoms with Crippen molar-refractivity contribution in [1.29, 1.82) is 5.26 Å². The van der Waals surface area contributed by atoms with Crippen LogP contribution in [0.25, 0.3) is 10.9 Å². The van der Waals surface area contributed by atoms with Gasteiger partial charge in [0.15, 0.2) is 0 Å². The van der Waals surface area contributed by atoms with Gasteiger partial charge in [-0.2, -0.15) is 5.26 Å². The smallest absolute Gasteiger partial charge is 0.259 e. The Bertz CT molecular complexity index is 972. The summed E-state index contributed by atoms with van der Waals surface area (Å²) in [5.41, 5.74) is 2.76. The summed E-state index contributed by atoms with van der Waals surface area (Å²) in [5.74, 6) is 0. The molecule has 1 saturated carbocycles. The second kappa shape index (κ2) is 5.89. The van der Waals surface area contributed by atoms with Gasteiger partial charge in [-0.05, 0) is 25.0 Å². The van der Waals surface area contributed by atoms with Crippen molar-refractivity contribution in [1.82, 2.24) is 9.55 Å². The molecule has 0 unspecified atom stereocenters. The number of nitrogens with one attached hydrogen (secondary N) is 2. The molecule has 0 atom stereocenters. The topological polar surface area (TPSA) is 73.6 Å². The monoisotopic (exact) mass is 318 g/mol. The average Bonchev–Trinajstić information content (AvgIpc) is 3.25. The number of para-hydroxylation sites is 1. The highest BCUT2D eigenvalue weighted by Gasteiger charge is 2.23. The Hall–Kier alpha value is -3.00. The lowest BCUT2D eigenvalue weighted by Crippen LogP contribution is -2.09. The fourth-order valence-electron chi connectivity index (χ4n) is 3.63. The van der Waals surface area contributed by atoms with E-state index in [1.165, 1.54) is 19.0 Å². The van der Waals surface area contributed by atoms with Gasteiger partial charge < -0.3 is 14.9 Å². The summed E-state index contributed by atoms with van der Waals surface area (Å²) in [5, 5.41) is 13.4. The molecule has 0 saturated heterocycles. The summed E-state index contributed by atoms with van der Waals surface area (Å²) < 4.78 is 2.13. The number of hydrogen-bond donors (Lipinski definition) is 2. The van der Waals surface area contributed by atoms with Gasteiger partial charge >= 0.3 is 0 Å². The standard InChI is InChI=1S/C19H18N4O/c20-10-13-11-21-19(24)17-16(22-14-6-2-1-3-7-14)12-23(18(13)17)15-8-4-5-9-15/h1-3,6-7,11-12,15,22H,4-5,8-9H2,(H,21,24). The zero-order valence-electron chi connectivity index (χ0n) is 13.2. The molecule has 3 aromatic rings. The van der Waals surface area contributed by atoms with Crippen molar-refractivity contribution in [2.24, 2.45) is 0 Å². The Kier molecular flexibility index (Phi) is 3.58. The maximum absolute atomic E-state index is 12.5. The SMILES string of the molecule is N#Cc1c[nH]c(=O)c2c(Nc3ccccc3)cn(C3CCCC3)c12. The van der Waals surface area contributed by atoms with Gasteiger partial charge in [-0.3, -0.25) is 4.79 Å². The van der Waals surface area contributed by atoms with Crippen LogP contribution >= 0.6 is 0 Å². The number of aromatic nitrogens is 2. The molecular formula is C19H18N4O. The van der Waals surface area contributed by atoms with Crippen molar-refractivity contribution < 1.29 is 0 Å². The average molecular weight is 318 g/mol. The first-order valence-electron chi connectivity index (χ1n) is 8.26. The normalized spacial score (nSPS) is 14.8. The first-order chi connectivity index (χ1) is 11.8. The predicted molar refractivity (Wildman–Crippen MR) is 94.5 cm³/mol. The van der Waals surface area contributed by atoms with Gasteiger partial charge in [-0.25, -0.2) is 0 Å². The van der Waals surface area contributed by atoms with Crippen LogP contribution in [-0.4, -0.2) is 9.55 Å². The highest BCUT2D eigenvalue weighted by Crippen LogP contribution is 2.36. The van der Waals surface area contributed by atoms with Gasteiger partial charge in [0.25, 0.3) is 5.56 Å². The zero-order valence-corrected chi connectivity index (χ0v) is 13.2. The lowest BCUT2D eigenvalue weighted by molar-refractivity contribution is 0.536. The van der Waals surface area contributed by atoms with Crippen molar-refractivity contribution in [3.63, 3.8) is 0 Å². The van der Waals surface area contributed by atoms with Gasteiger partial charge in [-0.1, -0.05) is 31.0 Å². The molecule has 2 aromatic heterocycles. The number of anilines is 2. The molecule has 5 nitrogen and oxygen atoms in total. The molecule has 1 aliphatic rings. The molecule has 1 aromatic carbocycles. The molecule has 2 N–H and O–H groups in total. The third-order valence-corrected chi connectivity index (χ3v) is 4.75. The Labute approximate surface area is 139 Å². The Morgan fingerprint density at radius 2 is 1.96 bits per heavy atom. The van der Waals surface area contributed by atoms with Crippen LogP contribution in [0.1, 0.15) is 37.3 Å². The minimum atomic E-state index is -0.167. The number of fused-ring (bicyclic) bond motifs is 1. The van der Waals surface area contributed by atoms with E-state index in [1.54, 1.807) is 0 Å². The summed E-state index contributed by atoms with van der Waals surface area (Å²) in [6, 6.07) is 12.3. The van der Waals surface area contributed by atoms with Gasteiger partial charge in [0.1, 0.15) is 6.07 Å². The molecule has 0 amide bonds. The van der Waals surface area contributed by atoms with Crippen LogP contribution in [0.2, 0.25) is 0 Å². The largest absolute Gasteiger partial charge is 0.354 e. The number of pyridine rings is 1. The molecule has 24 heavy (non-hydrogen) atoms. The van der Waals surface area contributed by atoms with Crippen LogP contribution < -0.4 is 10.9 Å². The molecule has 2 heterocycles. The highest BCUT2D eigenvalue weighted by molar-refractivity contribution is 5.97. The van der Waals surface area contributed by atoms with E-state index in [2.05, 4.69) is 20.9 Å². The Morgan fingerprint density at radius 1 is 1.21 bits per heavy atom. The molecule has 5 heteroatoms. The van der Waals surface area contributed by atoms with E-state index < -0.39 is 0 Å². The maximum Gasteiger partial charge on any atom is 0.259 e. The molecule has 120 valence electrons. The molecular weight excluding hydrogens is 300 g/mol. The summed E-state index contributed by atoms with van der Waals surface area (Å²) in [7, 11) is 0. The summed E-state index contributed by atoms with van der Waals surface area (Å²) in [4.78, 5) is 15.2. The Morgan fingerprint density at radius 3 is 2.67 bits per heavy atom. The van der Waals surface area contributed by atoms with Crippen LogP contribution in [0.3, 0.4) is 0 Å². The lowest BCUT2D eigenvalue weighted by atomic mass is 10.2. The van der Waals surface area contributed by atoms with Gasteiger partial charge in [0, 0.05) is 24.1 Å². The zero-order chi connectivity index (χ0) is 16.5. The Balaban J connectivity index is 1.94. The van der Waals surface area contributed by atoms with Crippen molar-refractivity contribution >= 4 is 22.3 Å². The number of nitriles is 1. The maximum atomic E-state index is 12.5. The lowest BCUT2D eigenvalue weighted by Gasteiger charge is -2.13. The summed E-state index contributed by atoms with van der Waals surface area (Å²) in [6.45, 7) is 0. The first-order valence-corrected chi connectivity index (χ1v) is 8.26. The second-order valence-corrected chi connectivity index (χ2v) is 6.25. The van der Waals surface area contributed by atoms with E-state index in [9.17, 15) is 10.1 Å². The predicted octanol–water partition coefficient (Wildman–Crippen LogP) is 4.06. The molecule has 0 aliphatic heterocycles. The van der Waals surface area contributed by atoms with Gasteiger partial charge in [-0.15, -0.1) is 0 Å². The van der Waals surface area contributed by atoms with Crippen molar-refractivity contribution in [3.05, 3.63) is 58.6 Å². The molecule has 1 fully saturated rings. The summed E-state index contributed by atoms with van der Waals surface area (Å²) >= 11 is 0. The number of rotatable bonds is 3. The highest BCUT2D eigenvalue weighted by atomic mass is 16.1. The number of benzene rings is 1. The van der Waals surface area contributed by atoms with Crippen LogP contribution in [0.4, 0.5) is 11.4 Å². The molecule has 0 radical (unpaired) electrons. The summed E-state index contributed by atoms with van der Waals surface area (Å²) in [6.07, 6.45) is 8.07. The van der Waals surface area contributed by atoms with E-state index in [1.807, 2.05) is 36.5 Å². The van der Waals surface area contributed by atoms with Crippen molar-refractivity contribution in [2.45, 2.75) is 31.7 Å². The first kappa shape index (κ1) is 14.6. The fraction of sp³-hybridized carbons (Fsp3) is 0.263. The van der Waals surface area contributed by atoms with E-state index in [0.29, 0.717) is 17.0 Å². The fourth-order valence-corrected chi connectivity index (χ4v) is 3.63. The third-order valence-electron chi connectivity index (χ3n) is 4.75. The van der Waals surface area contributed by atoms with Gasteiger partial charge in [0.2, 0.25) is 0 Å². The number of H-pyrrole nitrogens is 1. The van der Waals surface area contributed by atoms with Crippen LogP contribution in [0.15, 0.2) is 47.5 Å². The van der Waals surface area contributed by atoms with Gasteiger partial charge in [0.05, 0.1) is 22.2 Å². The number of aromatic amines is 1. The van der Waals surface area contributed by atoms with E-state index in [-0.39, 0.29) is 5.56 Å². The number of nitrogens with zero attached hydrogens (tertiary/aromatic N) is 2. The quantitative estimate of drug-likeness (QED) is 0.765. The van der Waals surface area contributed by atoms with Crippen molar-refractivity contribution in [3.8, 4) is 6.07 Å². The van der Waals surface area contributed by atoms with E-state index in [4.69, 9.17) is 0 Å². The van der Waals surface area contributed by atoms with Crippen LogP contribution in [-0.2, 0) is 0 Å². The molecule has 4 rings (SSSR count).